The van der Waals surface area contributed by atoms with E-state index in [1.165, 1.54) is 6.42 Å². The molecule has 5 nitrogen and oxygen atoms in total. The van der Waals surface area contributed by atoms with Crippen molar-refractivity contribution in [2.45, 2.75) is 33.1 Å². The van der Waals surface area contributed by atoms with E-state index in [1.807, 2.05) is 13.1 Å². The molecule has 0 amide bonds. The van der Waals surface area contributed by atoms with Crippen molar-refractivity contribution >= 4 is 17.6 Å². The Kier molecular flexibility index (Phi) is 5.52. The van der Waals surface area contributed by atoms with Gasteiger partial charge in [0.1, 0.15) is 11.6 Å². The van der Waals surface area contributed by atoms with Crippen molar-refractivity contribution in [3.63, 3.8) is 0 Å². The van der Waals surface area contributed by atoms with Gasteiger partial charge in [0.05, 0.1) is 0 Å². The maximum absolute atomic E-state index is 5.71. The second-order valence-electron chi connectivity index (χ2n) is 4.17. The number of nitrogens with two attached hydrogens (primary N) is 1. The summed E-state index contributed by atoms with van der Waals surface area (Å²) in [6.07, 6.45) is 3.38. The summed E-state index contributed by atoms with van der Waals surface area (Å²) in [7, 11) is 2.03. The minimum Gasteiger partial charge on any atom is -0.370 e. The Morgan fingerprint density at radius 1 is 1.29 bits per heavy atom. The highest BCUT2D eigenvalue weighted by Crippen LogP contribution is 2.16. The average molecular weight is 237 g/mol. The van der Waals surface area contributed by atoms with Crippen LogP contribution in [-0.2, 0) is 0 Å². The van der Waals surface area contributed by atoms with Crippen LogP contribution in [0.15, 0.2) is 6.07 Å². The third-order valence-corrected chi connectivity index (χ3v) is 2.52. The van der Waals surface area contributed by atoms with Crippen molar-refractivity contribution in [2.24, 2.45) is 0 Å². The normalized spacial score (nSPS) is 10.3. The molecule has 0 radical (unpaired) electrons. The van der Waals surface area contributed by atoms with Crippen LogP contribution in [0.2, 0.25) is 0 Å². The molecule has 0 aromatic carbocycles. The van der Waals surface area contributed by atoms with Crippen molar-refractivity contribution < 1.29 is 0 Å². The van der Waals surface area contributed by atoms with Gasteiger partial charge in [0.15, 0.2) is 0 Å². The summed E-state index contributed by atoms with van der Waals surface area (Å²) in [5.41, 5.74) is 5.71. The lowest BCUT2D eigenvalue weighted by atomic mass is 10.3. The maximum Gasteiger partial charge on any atom is 0.223 e. The molecule has 3 N–H and O–H groups in total. The Labute approximate surface area is 103 Å². The predicted octanol–water partition coefficient (Wildman–Crippen LogP) is 2.12. The third kappa shape index (κ3) is 4.46. The Hall–Kier alpha value is -1.52. The van der Waals surface area contributed by atoms with E-state index in [0.717, 1.165) is 37.6 Å². The number of nitrogen functional groups attached to an aromatic ring is 1. The summed E-state index contributed by atoms with van der Waals surface area (Å²) in [5, 5.41) is 3.23. The second kappa shape index (κ2) is 6.93. The van der Waals surface area contributed by atoms with Crippen LogP contribution in [0.25, 0.3) is 0 Å². The number of aromatic nitrogens is 2. The topological polar surface area (TPSA) is 67.1 Å². The van der Waals surface area contributed by atoms with Gasteiger partial charge in [-0.2, -0.15) is 9.97 Å². The molecule has 5 heteroatoms. The van der Waals surface area contributed by atoms with E-state index in [9.17, 15) is 0 Å². The van der Waals surface area contributed by atoms with Crippen molar-refractivity contribution in [3.8, 4) is 0 Å². The van der Waals surface area contributed by atoms with Crippen LogP contribution in [0.4, 0.5) is 17.6 Å². The monoisotopic (exact) mass is 237 g/mol. The van der Waals surface area contributed by atoms with Crippen LogP contribution in [0.1, 0.15) is 33.1 Å². The predicted molar refractivity (Wildman–Crippen MR) is 73.4 cm³/mol. The van der Waals surface area contributed by atoms with Gasteiger partial charge in [-0.3, -0.25) is 0 Å². The van der Waals surface area contributed by atoms with Crippen LogP contribution >= 0.6 is 0 Å². The largest absolute Gasteiger partial charge is 0.370 e. The third-order valence-electron chi connectivity index (χ3n) is 2.52. The molecule has 0 aliphatic rings. The molecule has 0 atom stereocenters. The Balaban J connectivity index is 2.73. The van der Waals surface area contributed by atoms with Crippen LogP contribution < -0.4 is 16.0 Å². The lowest BCUT2D eigenvalue weighted by Gasteiger charge is -2.18. The summed E-state index contributed by atoms with van der Waals surface area (Å²) in [4.78, 5) is 10.5. The van der Waals surface area contributed by atoms with Gasteiger partial charge >= 0.3 is 0 Å². The fraction of sp³-hybridized carbons (Fsp3) is 0.667. The average Bonchev–Trinajstić information content (AvgIpc) is 2.32. The summed E-state index contributed by atoms with van der Waals surface area (Å²) >= 11 is 0. The molecule has 1 aromatic heterocycles. The van der Waals surface area contributed by atoms with E-state index in [4.69, 9.17) is 5.73 Å². The number of unbranched alkanes of at least 4 members (excludes halogenated alkanes) is 1. The SMILES string of the molecule is CCCCN(C)c1cc(NCCC)nc(N)n1. The summed E-state index contributed by atoms with van der Waals surface area (Å²) in [5.74, 6) is 2.01. The molecule has 0 saturated heterocycles. The van der Waals surface area contributed by atoms with Crippen LogP contribution in [-0.4, -0.2) is 30.1 Å². The molecule has 1 rings (SSSR count). The molecule has 0 spiro atoms. The molecule has 96 valence electrons. The Morgan fingerprint density at radius 2 is 2.06 bits per heavy atom. The van der Waals surface area contributed by atoms with Gasteiger partial charge in [0.2, 0.25) is 5.95 Å². The molecule has 0 unspecified atom stereocenters. The van der Waals surface area contributed by atoms with Gasteiger partial charge in [-0.1, -0.05) is 20.3 Å². The lowest BCUT2D eigenvalue weighted by molar-refractivity contribution is 0.759. The standard InChI is InChI=1S/C12H23N5/c1-4-6-8-17(3)11-9-10(14-7-5-2)15-12(13)16-11/h9H,4-8H2,1-3H3,(H3,13,14,15,16). The zero-order valence-corrected chi connectivity index (χ0v) is 11.0. The fourth-order valence-corrected chi connectivity index (χ4v) is 1.50. The molecule has 0 bridgehead atoms. The second-order valence-corrected chi connectivity index (χ2v) is 4.17. The molecule has 1 heterocycles. The zero-order valence-electron chi connectivity index (χ0n) is 11.0. The number of nitrogens with one attached hydrogen (secondary N) is 1. The number of rotatable bonds is 7. The maximum atomic E-state index is 5.71. The quantitative estimate of drug-likeness (QED) is 0.760. The van der Waals surface area contributed by atoms with E-state index in [-0.39, 0.29) is 0 Å². The smallest absolute Gasteiger partial charge is 0.223 e. The summed E-state index contributed by atoms with van der Waals surface area (Å²) < 4.78 is 0. The van der Waals surface area contributed by atoms with E-state index in [1.54, 1.807) is 0 Å². The van der Waals surface area contributed by atoms with Crippen molar-refractivity contribution in [3.05, 3.63) is 6.07 Å². The first-order valence-corrected chi connectivity index (χ1v) is 6.27. The zero-order chi connectivity index (χ0) is 12.7. The van der Waals surface area contributed by atoms with Crippen LogP contribution in [0.3, 0.4) is 0 Å². The van der Waals surface area contributed by atoms with Crippen molar-refractivity contribution in [2.75, 3.05) is 36.1 Å². The highest BCUT2D eigenvalue weighted by Gasteiger charge is 2.06. The molecule has 0 fully saturated rings. The molecule has 0 aliphatic carbocycles. The molecular formula is C12H23N5. The fourth-order valence-electron chi connectivity index (χ4n) is 1.50. The van der Waals surface area contributed by atoms with E-state index >= 15 is 0 Å². The van der Waals surface area contributed by atoms with E-state index in [2.05, 4.69) is 34.0 Å². The van der Waals surface area contributed by atoms with Gasteiger partial charge in [0, 0.05) is 26.2 Å². The number of hydrogen-bond donors (Lipinski definition) is 2. The number of anilines is 3. The Morgan fingerprint density at radius 3 is 2.71 bits per heavy atom. The lowest BCUT2D eigenvalue weighted by Crippen LogP contribution is -2.20. The van der Waals surface area contributed by atoms with Crippen LogP contribution in [0.5, 0.6) is 0 Å². The first-order chi connectivity index (χ1) is 8.17. The van der Waals surface area contributed by atoms with Gasteiger partial charge in [-0.25, -0.2) is 0 Å². The van der Waals surface area contributed by atoms with Crippen molar-refractivity contribution in [1.29, 1.82) is 0 Å². The van der Waals surface area contributed by atoms with Crippen LogP contribution in [0, 0.1) is 0 Å². The summed E-state index contributed by atoms with van der Waals surface area (Å²) in [6, 6.07) is 1.95. The number of hydrogen-bond acceptors (Lipinski definition) is 5. The van der Waals surface area contributed by atoms with Gasteiger partial charge in [0.25, 0.3) is 0 Å². The summed E-state index contributed by atoms with van der Waals surface area (Å²) in [6.45, 7) is 6.18. The first-order valence-electron chi connectivity index (χ1n) is 6.27. The first kappa shape index (κ1) is 13.5. The van der Waals surface area contributed by atoms with E-state index in [0.29, 0.717) is 5.95 Å². The molecule has 0 saturated carbocycles. The minimum atomic E-state index is 0.324. The highest BCUT2D eigenvalue weighted by atomic mass is 15.2. The highest BCUT2D eigenvalue weighted by molar-refractivity contribution is 5.52. The van der Waals surface area contributed by atoms with E-state index < -0.39 is 0 Å². The van der Waals surface area contributed by atoms with Crippen molar-refractivity contribution in [1.82, 2.24) is 9.97 Å². The van der Waals surface area contributed by atoms with Gasteiger partial charge < -0.3 is 16.0 Å². The molecular weight excluding hydrogens is 214 g/mol. The number of nitrogens with zero attached hydrogens (tertiary/aromatic N) is 3. The Bertz CT molecular complexity index is 340. The molecule has 1 aromatic rings. The molecule has 0 aliphatic heterocycles. The minimum absolute atomic E-state index is 0.324. The molecule has 17 heavy (non-hydrogen) atoms. The van der Waals surface area contributed by atoms with Gasteiger partial charge in [-0.15, -0.1) is 0 Å². The van der Waals surface area contributed by atoms with Gasteiger partial charge in [-0.05, 0) is 12.8 Å².